The molecule has 1 aromatic heterocycles. The van der Waals surface area contributed by atoms with Gasteiger partial charge in [0.1, 0.15) is 5.00 Å². The Morgan fingerprint density at radius 2 is 1.75 bits per heavy atom. The molecule has 1 aliphatic carbocycles. The maximum absolute atomic E-state index is 12.5. The largest absolute Gasteiger partial charge is 0.465 e. The summed E-state index contributed by atoms with van der Waals surface area (Å²) in [6, 6.07) is 9.04. The van der Waals surface area contributed by atoms with Crippen LogP contribution in [0.4, 0.5) is 5.00 Å². The topological polar surface area (TPSA) is 55.4 Å². The fourth-order valence-corrected chi connectivity index (χ4v) is 4.36. The molecule has 1 amide bonds. The standard InChI is InChI=1S/C19H21NO3S/c1-23-19(22)16-14-11-7-2-3-8-12-15(14)24-18(16)20-17(21)13-9-5-4-6-10-13/h4-6,9-10H,2-3,7-8,11-12H2,1H3,(H,20,21). The number of methoxy groups -OCH3 is 1. The predicted octanol–water partition coefficient (Wildman–Crippen LogP) is 4.45. The van der Waals surface area contributed by atoms with Crippen LogP contribution in [0.3, 0.4) is 0 Å². The summed E-state index contributed by atoms with van der Waals surface area (Å²) in [5.41, 5.74) is 2.19. The number of aryl methyl sites for hydroxylation is 1. The van der Waals surface area contributed by atoms with Crippen LogP contribution in [0, 0.1) is 0 Å². The summed E-state index contributed by atoms with van der Waals surface area (Å²) in [7, 11) is 1.39. The van der Waals surface area contributed by atoms with Gasteiger partial charge < -0.3 is 10.1 Å². The van der Waals surface area contributed by atoms with Crippen LogP contribution in [0.15, 0.2) is 30.3 Å². The van der Waals surface area contributed by atoms with Crippen LogP contribution in [0.2, 0.25) is 0 Å². The van der Waals surface area contributed by atoms with Crippen LogP contribution in [0.25, 0.3) is 0 Å². The summed E-state index contributed by atoms with van der Waals surface area (Å²) < 4.78 is 4.98. The van der Waals surface area contributed by atoms with Gasteiger partial charge in [0, 0.05) is 10.4 Å². The molecule has 1 N–H and O–H groups in total. The zero-order valence-electron chi connectivity index (χ0n) is 13.8. The van der Waals surface area contributed by atoms with Gasteiger partial charge in [-0.2, -0.15) is 0 Å². The molecular weight excluding hydrogens is 322 g/mol. The summed E-state index contributed by atoms with van der Waals surface area (Å²) in [6.07, 6.45) is 6.43. The Balaban J connectivity index is 1.95. The first-order valence-electron chi connectivity index (χ1n) is 8.30. The molecule has 3 rings (SSSR count). The van der Waals surface area contributed by atoms with Crippen molar-refractivity contribution in [1.82, 2.24) is 0 Å². The third kappa shape index (κ3) is 3.51. The van der Waals surface area contributed by atoms with Crippen LogP contribution in [-0.2, 0) is 17.6 Å². The first-order valence-corrected chi connectivity index (χ1v) is 9.11. The Morgan fingerprint density at radius 3 is 2.46 bits per heavy atom. The first-order chi connectivity index (χ1) is 11.7. The van der Waals surface area contributed by atoms with E-state index in [1.54, 1.807) is 12.1 Å². The average Bonchev–Trinajstić information content (AvgIpc) is 2.91. The Kier molecular flexibility index (Phi) is 5.30. The molecule has 126 valence electrons. The number of ether oxygens (including phenoxy) is 1. The molecule has 24 heavy (non-hydrogen) atoms. The van der Waals surface area contributed by atoms with Gasteiger partial charge in [-0.15, -0.1) is 11.3 Å². The number of amides is 1. The molecule has 0 unspecified atom stereocenters. The van der Waals surface area contributed by atoms with Crippen LogP contribution >= 0.6 is 11.3 Å². The van der Waals surface area contributed by atoms with E-state index in [1.807, 2.05) is 18.2 Å². The van der Waals surface area contributed by atoms with E-state index >= 15 is 0 Å². The highest BCUT2D eigenvalue weighted by atomic mass is 32.1. The van der Waals surface area contributed by atoms with E-state index in [4.69, 9.17) is 4.74 Å². The third-order valence-electron chi connectivity index (χ3n) is 4.32. The van der Waals surface area contributed by atoms with Gasteiger partial charge in [0.15, 0.2) is 0 Å². The molecule has 1 aromatic carbocycles. The van der Waals surface area contributed by atoms with Gasteiger partial charge in [-0.1, -0.05) is 31.0 Å². The lowest BCUT2D eigenvalue weighted by Gasteiger charge is -2.11. The van der Waals surface area contributed by atoms with E-state index in [-0.39, 0.29) is 11.9 Å². The summed E-state index contributed by atoms with van der Waals surface area (Å²) in [5, 5.41) is 3.53. The highest BCUT2D eigenvalue weighted by molar-refractivity contribution is 7.17. The van der Waals surface area contributed by atoms with Crippen molar-refractivity contribution in [2.75, 3.05) is 12.4 Å². The first kappa shape index (κ1) is 16.7. The minimum Gasteiger partial charge on any atom is -0.465 e. The second kappa shape index (κ2) is 7.62. The van der Waals surface area contributed by atoms with Gasteiger partial charge in [-0.3, -0.25) is 4.79 Å². The SMILES string of the molecule is COC(=O)c1c(NC(=O)c2ccccc2)sc2c1CCCCCC2. The molecule has 0 atom stereocenters. The lowest BCUT2D eigenvalue weighted by atomic mass is 9.96. The molecule has 1 heterocycles. The monoisotopic (exact) mass is 343 g/mol. The number of anilines is 1. The van der Waals surface area contributed by atoms with E-state index in [0.717, 1.165) is 31.2 Å². The van der Waals surface area contributed by atoms with Crippen molar-refractivity contribution in [3.63, 3.8) is 0 Å². The average molecular weight is 343 g/mol. The number of carbonyl (C=O) groups is 2. The van der Waals surface area contributed by atoms with Crippen molar-refractivity contribution in [3.8, 4) is 0 Å². The minimum absolute atomic E-state index is 0.199. The van der Waals surface area contributed by atoms with E-state index in [0.29, 0.717) is 16.1 Å². The molecule has 0 radical (unpaired) electrons. The van der Waals surface area contributed by atoms with Gasteiger partial charge in [-0.25, -0.2) is 4.79 Å². The quantitative estimate of drug-likeness (QED) is 0.838. The van der Waals surface area contributed by atoms with Crippen LogP contribution in [-0.4, -0.2) is 19.0 Å². The van der Waals surface area contributed by atoms with Gasteiger partial charge in [0.2, 0.25) is 0 Å². The molecule has 0 saturated heterocycles. The zero-order chi connectivity index (χ0) is 16.9. The molecule has 0 saturated carbocycles. The number of hydrogen-bond donors (Lipinski definition) is 1. The fraction of sp³-hybridized carbons (Fsp3) is 0.368. The van der Waals surface area contributed by atoms with Gasteiger partial charge >= 0.3 is 5.97 Å². The van der Waals surface area contributed by atoms with E-state index in [2.05, 4.69) is 5.32 Å². The number of nitrogens with one attached hydrogen (secondary N) is 1. The Labute approximate surface area is 145 Å². The summed E-state index contributed by atoms with van der Waals surface area (Å²) in [4.78, 5) is 26.0. The molecule has 4 nitrogen and oxygen atoms in total. The molecule has 2 aromatic rings. The fourth-order valence-electron chi connectivity index (χ4n) is 3.09. The van der Waals surface area contributed by atoms with Crippen molar-refractivity contribution in [3.05, 3.63) is 51.9 Å². The van der Waals surface area contributed by atoms with Crippen molar-refractivity contribution in [1.29, 1.82) is 0 Å². The second-order valence-electron chi connectivity index (χ2n) is 5.93. The maximum atomic E-state index is 12.5. The molecule has 0 aliphatic heterocycles. The Bertz CT molecular complexity index is 737. The molecule has 0 spiro atoms. The van der Waals surface area contributed by atoms with Crippen LogP contribution in [0.5, 0.6) is 0 Å². The van der Waals surface area contributed by atoms with Gasteiger partial charge in [0.05, 0.1) is 12.7 Å². The highest BCUT2D eigenvalue weighted by Crippen LogP contribution is 2.37. The minimum atomic E-state index is -0.364. The van der Waals surface area contributed by atoms with Crippen LogP contribution < -0.4 is 5.32 Å². The Morgan fingerprint density at radius 1 is 1.04 bits per heavy atom. The normalized spacial score (nSPS) is 14.2. The number of hydrogen-bond acceptors (Lipinski definition) is 4. The van der Waals surface area contributed by atoms with E-state index in [1.165, 1.54) is 36.2 Å². The highest BCUT2D eigenvalue weighted by Gasteiger charge is 2.26. The number of thiophene rings is 1. The van der Waals surface area contributed by atoms with E-state index in [9.17, 15) is 9.59 Å². The smallest absolute Gasteiger partial charge is 0.341 e. The second-order valence-corrected chi connectivity index (χ2v) is 7.04. The lowest BCUT2D eigenvalue weighted by molar-refractivity contribution is 0.0601. The number of rotatable bonds is 3. The number of benzene rings is 1. The van der Waals surface area contributed by atoms with Crippen LogP contribution in [0.1, 0.15) is 56.8 Å². The van der Waals surface area contributed by atoms with Crippen molar-refractivity contribution < 1.29 is 14.3 Å². The van der Waals surface area contributed by atoms with Crippen molar-refractivity contribution >= 4 is 28.2 Å². The third-order valence-corrected chi connectivity index (χ3v) is 5.53. The summed E-state index contributed by atoms with van der Waals surface area (Å²) >= 11 is 1.52. The Hall–Kier alpha value is -2.14. The maximum Gasteiger partial charge on any atom is 0.341 e. The van der Waals surface area contributed by atoms with Gasteiger partial charge in [-0.05, 0) is 43.4 Å². The number of esters is 1. The molecule has 1 aliphatic rings. The zero-order valence-corrected chi connectivity index (χ0v) is 14.6. The molecule has 0 bridgehead atoms. The molecular formula is C19H21NO3S. The predicted molar refractivity (Wildman–Crippen MR) is 95.9 cm³/mol. The van der Waals surface area contributed by atoms with Crippen molar-refractivity contribution in [2.24, 2.45) is 0 Å². The van der Waals surface area contributed by atoms with Crippen molar-refractivity contribution in [2.45, 2.75) is 38.5 Å². The molecule has 5 heteroatoms. The van der Waals surface area contributed by atoms with Gasteiger partial charge in [0.25, 0.3) is 5.91 Å². The van der Waals surface area contributed by atoms with E-state index < -0.39 is 0 Å². The summed E-state index contributed by atoms with van der Waals surface area (Å²) in [5.74, 6) is -0.564. The summed E-state index contributed by atoms with van der Waals surface area (Å²) in [6.45, 7) is 0. The molecule has 0 fully saturated rings. The number of fused-ring (bicyclic) bond motifs is 1. The number of carbonyl (C=O) groups excluding carboxylic acids is 2. The lowest BCUT2D eigenvalue weighted by Crippen LogP contribution is -2.14.